The number of benzene rings is 5. The van der Waals surface area contributed by atoms with E-state index in [2.05, 4.69) is 94.2 Å². The van der Waals surface area contributed by atoms with Gasteiger partial charge in [0.15, 0.2) is 0 Å². The van der Waals surface area contributed by atoms with Gasteiger partial charge in [-0.1, -0.05) is 87.1 Å². The highest BCUT2D eigenvalue weighted by Gasteiger charge is 2.32. The quantitative estimate of drug-likeness (QED) is 0.131. The summed E-state index contributed by atoms with van der Waals surface area (Å²) in [5.74, 6) is 2.08. The minimum absolute atomic E-state index is 0.319. The molecule has 0 atom stereocenters. The predicted molar refractivity (Wildman–Crippen MR) is 246 cm³/mol. The molecule has 5 aromatic carbocycles. The van der Waals surface area contributed by atoms with Crippen molar-refractivity contribution < 1.29 is 0 Å². The average molecular weight is 781 g/mol. The van der Waals surface area contributed by atoms with E-state index in [0.717, 1.165) is 99.6 Å². The second kappa shape index (κ2) is 13.5. The SMILES string of the molecule is C1=Nc2c(c3nc(-c4c5ccccc5c(-c5nc6c7cccnc7c7ncccc7c6n5C5CCCCC5)c5ccccc45)n(C4CCCCC4)c3c3cccnc23)CC1. The monoisotopic (exact) mass is 780 g/mol. The molecule has 0 unspecified atom stereocenters. The summed E-state index contributed by atoms with van der Waals surface area (Å²) < 4.78 is 5.28. The fourth-order valence-corrected chi connectivity index (χ4v) is 11.5. The van der Waals surface area contributed by atoms with Crippen LogP contribution in [0.1, 0.15) is 88.3 Å². The smallest absolute Gasteiger partial charge is 0.142 e. The lowest BCUT2D eigenvalue weighted by Gasteiger charge is -2.28. The molecule has 5 aromatic heterocycles. The van der Waals surface area contributed by atoms with Crippen LogP contribution in [-0.2, 0) is 6.42 Å². The Morgan fingerprint density at radius 3 is 1.45 bits per heavy atom. The zero-order valence-corrected chi connectivity index (χ0v) is 33.6. The summed E-state index contributed by atoms with van der Waals surface area (Å²) in [6.45, 7) is 0. The molecule has 13 rings (SSSR count). The van der Waals surface area contributed by atoms with Gasteiger partial charge in [-0.25, -0.2) is 9.97 Å². The maximum absolute atomic E-state index is 5.84. The summed E-state index contributed by atoms with van der Waals surface area (Å²) in [5, 5.41) is 8.11. The van der Waals surface area contributed by atoms with Crippen molar-refractivity contribution >= 4 is 88.2 Å². The van der Waals surface area contributed by atoms with Gasteiger partial charge < -0.3 is 9.13 Å². The molecule has 6 heterocycles. The molecule has 2 fully saturated rings. The van der Waals surface area contributed by atoms with Crippen LogP contribution in [-0.4, -0.2) is 40.3 Å². The van der Waals surface area contributed by atoms with Crippen LogP contribution < -0.4 is 0 Å². The zero-order chi connectivity index (χ0) is 39.3. The molecule has 292 valence electrons. The Morgan fingerprint density at radius 2 is 0.883 bits per heavy atom. The number of nitrogens with zero attached hydrogens (tertiary/aromatic N) is 8. The van der Waals surface area contributed by atoms with Crippen molar-refractivity contribution in [1.29, 1.82) is 0 Å². The highest BCUT2D eigenvalue weighted by Crippen LogP contribution is 2.50. The van der Waals surface area contributed by atoms with Crippen molar-refractivity contribution in [2.75, 3.05) is 0 Å². The van der Waals surface area contributed by atoms with Gasteiger partial charge in [0.1, 0.15) is 11.6 Å². The lowest BCUT2D eigenvalue weighted by Crippen LogP contribution is -2.15. The van der Waals surface area contributed by atoms with Gasteiger partial charge in [0.25, 0.3) is 0 Å². The van der Waals surface area contributed by atoms with Crippen molar-refractivity contribution in [3.05, 3.63) is 109 Å². The van der Waals surface area contributed by atoms with Crippen molar-refractivity contribution in [3.63, 3.8) is 0 Å². The van der Waals surface area contributed by atoms with Crippen molar-refractivity contribution in [2.45, 2.75) is 89.1 Å². The van der Waals surface area contributed by atoms with Crippen LogP contribution in [0.3, 0.4) is 0 Å². The molecule has 0 amide bonds. The molecule has 60 heavy (non-hydrogen) atoms. The highest BCUT2D eigenvalue weighted by molar-refractivity contribution is 6.25. The summed E-state index contributed by atoms with van der Waals surface area (Å²) in [7, 11) is 0. The molecule has 0 spiro atoms. The maximum Gasteiger partial charge on any atom is 0.142 e. The first kappa shape index (κ1) is 34.3. The minimum Gasteiger partial charge on any atom is -0.320 e. The van der Waals surface area contributed by atoms with Gasteiger partial charge in [0, 0.05) is 69.7 Å². The highest BCUT2D eigenvalue weighted by atomic mass is 15.1. The second-order valence-electron chi connectivity index (χ2n) is 17.3. The van der Waals surface area contributed by atoms with Crippen LogP contribution in [0.25, 0.3) is 99.1 Å². The van der Waals surface area contributed by atoms with Gasteiger partial charge in [0.05, 0.1) is 44.3 Å². The first-order valence-corrected chi connectivity index (χ1v) is 22.1. The largest absolute Gasteiger partial charge is 0.320 e. The maximum atomic E-state index is 5.84. The van der Waals surface area contributed by atoms with E-state index in [1.165, 1.54) is 87.8 Å². The molecule has 0 saturated heterocycles. The number of aliphatic imine (C=N–C) groups is 1. The van der Waals surface area contributed by atoms with E-state index >= 15 is 0 Å². The zero-order valence-electron chi connectivity index (χ0n) is 33.6. The number of hydrogen-bond acceptors (Lipinski definition) is 6. The molecule has 1 aliphatic heterocycles. The topological polar surface area (TPSA) is 86.7 Å². The van der Waals surface area contributed by atoms with E-state index in [1.54, 1.807) is 0 Å². The first-order valence-electron chi connectivity index (χ1n) is 22.1. The number of fused-ring (bicyclic) bond motifs is 14. The van der Waals surface area contributed by atoms with Gasteiger partial charge >= 0.3 is 0 Å². The molecule has 10 aromatic rings. The van der Waals surface area contributed by atoms with Crippen LogP contribution in [0.2, 0.25) is 0 Å². The molecule has 0 N–H and O–H groups in total. The van der Waals surface area contributed by atoms with Crippen LogP contribution in [0, 0.1) is 0 Å². The van der Waals surface area contributed by atoms with E-state index < -0.39 is 0 Å². The number of hydrogen-bond donors (Lipinski definition) is 0. The Morgan fingerprint density at radius 1 is 0.433 bits per heavy atom. The number of aryl methyl sites for hydroxylation is 1. The van der Waals surface area contributed by atoms with E-state index in [4.69, 9.17) is 29.9 Å². The fourth-order valence-electron chi connectivity index (χ4n) is 11.5. The minimum atomic E-state index is 0.319. The summed E-state index contributed by atoms with van der Waals surface area (Å²) >= 11 is 0. The molecule has 2 saturated carbocycles. The van der Waals surface area contributed by atoms with E-state index in [-0.39, 0.29) is 0 Å². The Hall–Kier alpha value is -6.54. The molecular formula is C52H44N8. The van der Waals surface area contributed by atoms with E-state index in [1.807, 2.05) is 24.7 Å². The molecular weight excluding hydrogens is 737 g/mol. The average Bonchev–Trinajstić information content (AvgIpc) is 3.92. The summed E-state index contributed by atoms with van der Waals surface area (Å²) in [5.41, 5.74) is 11.9. The Balaban J connectivity index is 1.18. The van der Waals surface area contributed by atoms with Crippen molar-refractivity contribution in [3.8, 4) is 22.8 Å². The fraction of sp³-hybridized carbons (Fsp3) is 0.269. The first-order chi connectivity index (χ1) is 29.8. The van der Waals surface area contributed by atoms with Gasteiger partial charge in [0.2, 0.25) is 0 Å². The molecule has 8 heteroatoms. The summed E-state index contributed by atoms with van der Waals surface area (Å²) in [6.07, 6.45) is 21.5. The van der Waals surface area contributed by atoms with Gasteiger partial charge in [-0.3, -0.25) is 19.9 Å². The van der Waals surface area contributed by atoms with E-state index in [0.29, 0.717) is 12.1 Å². The Bertz CT molecular complexity index is 3360. The number of pyridine rings is 3. The van der Waals surface area contributed by atoms with Crippen LogP contribution in [0.5, 0.6) is 0 Å². The number of aromatic nitrogens is 7. The summed E-state index contributed by atoms with van der Waals surface area (Å²) in [4.78, 5) is 31.5. The van der Waals surface area contributed by atoms with Crippen LogP contribution in [0.15, 0.2) is 109 Å². The van der Waals surface area contributed by atoms with Crippen molar-refractivity contribution in [2.24, 2.45) is 4.99 Å². The van der Waals surface area contributed by atoms with Gasteiger partial charge in [-0.2, -0.15) is 0 Å². The lowest BCUT2D eigenvalue weighted by atomic mass is 9.89. The molecule has 0 bridgehead atoms. The standard InChI is InChI=1S/C52H44N8/c1-3-15-31(16-4-1)59-49-39-25-13-29-55-45(39)43-37(23-11-27-53-43)47(49)57-51(59)41-33-19-7-9-21-35(33)42(36-22-10-8-20-34(36)41)52-58-48-38-24-12-28-54-44(38)46-40(26-14-30-56-46)50(48)60(52)32-17-5-2-6-18-32/h7-11,13-14,19-23,25-32H,1-6,12,15-18,24H2. The molecule has 2 aliphatic carbocycles. The van der Waals surface area contributed by atoms with E-state index in [9.17, 15) is 0 Å². The molecule has 8 nitrogen and oxygen atoms in total. The second-order valence-corrected chi connectivity index (χ2v) is 17.3. The Labute approximate surface area is 347 Å². The normalized spacial score (nSPS) is 16.7. The number of rotatable bonds is 4. The number of imidazole rings is 2. The van der Waals surface area contributed by atoms with Crippen molar-refractivity contribution in [1.82, 2.24) is 34.1 Å². The van der Waals surface area contributed by atoms with Crippen LogP contribution >= 0.6 is 0 Å². The molecule has 3 aliphatic rings. The van der Waals surface area contributed by atoms with Crippen LogP contribution in [0.4, 0.5) is 5.69 Å². The van der Waals surface area contributed by atoms with Gasteiger partial charge in [-0.05, 0) is 96.5 Å². The third-order valence-corrected chi connectivity index (χ3v) is 14.0. The third kappa shape index (κ3) is 4.90. The summed E-state index contributed by atoms with van der Waals surface area (Å²) in [6, 6.07) is 31.6. The van der Waals surface area contributed by atoms with Gasteiger partial charge in [-0.15, -0.1) is 0 Å². The third-order valence-electron chi connectivity index (χ3n) is 14.0. The predicted octanol–water partition coefficient (Wildman–Crippen LogP) is 13.3. The Kier molecular flexibility index (Phi) is 7.72. The molecule has 0 radical (unpaired) electrons. The lowest BCUT2D eigenvalue weighted by molar-refractivity contribution is 0.362.